The third-order valence-electron chi connectivity index (χ3n) is 1.56. The number of hydrogen-bond donors (Lipinski definition) is 2. The first-order valence-corrected chi connectivity index (χ1v) is 4.05. The molecular weight excluding hydrogens is 182 g/mol. The van der Waals surface area contributed by atoms with E-state index in [1.54, 1.807) is 18.3 Å². The molecule has 1 heterocycles. The predicted molar refractivity (Wildman–Crippen MR) is 49.7 cm³/mol. The molecule has 1 aromatic rings. The number of nitrogens with one attached hydrogen (secondary N) is 1. The molecule has 5 heteroatoms. The van der Waals surface area contributed by atoms with Crippen LogP contribution in [0.2, 0.25) is 0 Å². The summed E-state index contributed by atoms with van der Waals surface area (Å²) in [7, 11) is 0. The minimum Gasteiger partial charge on any atom is -0.481 e. The Morgan fingerprint density at radius 3 is 3.14 bits per heavy atom. The molecule has 0 aliphatic rings. The highest BCUT2D eigenvalue weighted by molar-refractivity contribution is 5.67. The number of pyridine rings is 1. The minimum atomic E-state index is -0.882. The molecule has 0 atom stereocenters. The minimum absolute atomic E-state index is 0.00143. The monoisotopic (exact) mass is 191 g/mol. The Morgan fingerprint density at radius 2 is 2.50 bits per heavy atom. The van der Waals surface area contributed by atoms with Crippen LogP contribution in [0, 0.1) is 11.3 Å². The van der Waals surface area contributed by atoms with Crippen LogP contribution in [-0.2, 0) is 4.79 Å². The van der Waals surface area contributed by atoms with Crippen LogP contribution in [0.3, 0.4) is 0 Å². The molecule has 0 unspecified atom stereocenters. The summed E-state index contributed by atoms with van der Waals surface area (Å²) >= 11 is 0. The van der Waals surface area contributed by atoms with Gasteiger partial charge in [-0.2, -0.15) is 5.26 Å². The van der Waals surface area contributed by atoms with E-state index in [2.05, 4.69) is 10.3 Å². The normalized spacial score (nSPS) is 9.07. The summed E-state index contributed by atoms with van der Waals surface area (Å²) < 4.78 is 0. The van der Waals surface area contributed by atoms with E-state index in [0.717, 1.165) is 0 Å². The van der Waals surface area contributed by atoms with Gasteiger partial charge in [0.2, 0.25) is 0 Å². The maximum absolute atomic E-state index is 10.2. The Labute approximate surface area is 81.0 Å². The number of anilines is 1. The molecule has 0 spiro atoms. The fourth-order valence-corrected chi connectivity index (χ4v) is 0.924. The van der Waals surface area contributed by atoms with Crippen LogP contribution in [-0.4, -0.2) is 22.6 Å². The Kier molecular flexibility index (Phi) is 3.44. The zero-order valence-corrected chi connectivity index (χ0v) is 7.40. The topological polar surface area (TPSA) is 86.0 Å². The van der Waals surface area contributed by atoms with Crippen molar-refractivity contribution in [2.45, 2.75) is 6.42 Å². The number of aliphatic carboxylic acids is 1. The number of carbonyl (C=O) groups is 1. The molecule has 0 saturated carbocycles. The van der Waals surface area contributed by atoms with Crippen LogP contribution in [0.25, 0.3) is 0 Å². The standard InChI is InChI=1S/C9H9N3O2/c10-6-7-2-1-4-11-9(7)12-5-3-8(13)14/h1-2,4H,3,5H2,(H,11,12)(H,13,14). The van der Waals surface area contributed by atoms with E-state index in [1.807, 2.05) is 6.07 Å². The first kappa shape index (κ1) is 9.99. The maximum atomic E-state index is 10.2. The number of nitrogens with zero attached hydrogens (tertiary/aromatic N) is 2. The van der Waals surface area contributed by atoms with E-state index >= 15 is 0 Å². The molecule has 14 heavy (non-hydrogen) atoms. The van der Waals surface area contributed by atoms with Gasteiger partial charge in [-0.1, -0.05) is 0 Å². The van der Waals surface area contributed by atoms with Gasteiger partial charge in [0.25, 0.3) is 0 Å². The van der Waals surface area contributed by atoms with Crippen molar-refractivity contribution in [2.75, 3.05) is 11.9 Å². The Morgan fingerprint density at radius 1 is 1.71 bits per heavy atom. The number of carboxylic acid groups (broad SMARTS) is 1. The van der Waals surface area contributed by atoms with Crippen molar-refractivity contribution in [1.29, 1.82) is 5.26 Å². The summed E-state index contributed by atoms with van der Waals surface area (Å²) in [5, 5.41) is 19.9. The van der Waals surface area contributed by atoms with E-state index < -0.39 is 5.97 Å². The van der Waals surface area contributed by atoms with E-state index in [0.29, 0.717) is 11.4 Å². The number of nitriles is 1. The SMILES string of the molecule is N#Cc1cccnc1NCCC(=O)O. The zero-order chi connectivity index (χ0) is 10.4. The van der Waals surface area contributed by atoms with Gasteiger partial charge in [-0.3, -0.25) is 4.79 Å². The summed E-state index contributed by atoms with van der Waals surface area (Å²) in [5.74, 6) is -0.455. The quantitative estimate of drug-likeness (QED) is 0.736. The molecule has 0 aromatic carbocycles. The second-order valence-electron chi connectivity index (χ2n) is 2.58. The van der Waals surface area contributed by atoms with Gasteiger partial charge in [-0.25, -0.2) is 4.98 Å². The highest BCUT2D eigenvalue weighted by Crippen LogP contribution is 2.08. The second kappa shape index (κ2) is 4.82. The maximum Gasteiger partial charge on any atom is 0.305 e. The van der Waals surface area contributed by atoms with Crippen LogP contribution in [0.15, 0.2) is 18.3 Å². The van der Waals surface area contributed by atoms with Crippen LogP contribution < -0.4 is 5.32 Å². The lowest BCUT2D eigenvalue weighted by Gasteiger charge is -2.04. The Balaban J connectivity index is 2.59. The van der Waals surface area contributed by atoms with Gasteiger partial charge in [0.15, 0.2) is 0 Å². The van der Waals surface area contributed by atoms with Crippen molar-refractivity contribution in [3.8, 4) is 6.07 Å². The van der Waals surface area contributed by atoms with Gasteiger partial charge >= 0.3 is 5.97 Å². The Hall–Kier alpha value is -2.09. The fourth-order valence-electron chi connectivity index (χ4n) is 0.924. The molecule has 0 radical (unpaired) electrons. The molecule has 0 bridgehead atoms. The van der Waals surface area contributed by atoms with Gasteiger partial charge in [0.1, 0.15) is 11.9 Å². The van der Waals surface area contributed by atoms with Crippen molar-refractivity contribution >= 4 is 11.8 Å². The van der Waals surface area contributed by atoms with Gasteiger partial charge in [-0.05, 0) is 12.1 Å². The largest absolute Gasteiger partial charge is 0.481 e. The summed E-state index contributed by atoms with van der Waals surface area (Å²) in [6.45, 7) is 0.265. The average molecular weight is 191 g/mol. The first-order valence-electron chi connectivity index (χ1n) is 4.05. The molecule has 0 fully saturated rings. The fraction of sp³-hybridized carbons (Fsp3) is 0.222. The number of aromatic nitrogens is 1. The van der Waals surface area contributed by atoms with Crippen LogP contribution >= 0.6 is 0 Å². The van der Waals surface area contributed by atoms with E-state index in [-0.39, 0.29) is 13.0 Å². The van der Waals surface area contributed by atoms with E-state index in [9.17, 15) is 4.79 Å². The van der Waals surface area contributed by atoms with Crippen LogP contribution in [0.5, 0.6) is 0 Å². The van der Waals surface area contributed by atoms with Crippen molar-refractivity contribution in [2.24, 2.45) is 0 Å². The average Bonchev–Trinajstić information content (AvgIpc) is 2.18. The number of rotatable bonds is 4. The third-order valence-corrected chi connectivity index (χ3v) is 1.56. The first-order chi connectivity index (χ1) is 6.74. The summed E-state index contributed by atoms with van der Waals surface area (Å²) in [4.78, 5) is 14.1. The summed E-state index contributed by atoms with van der Waals surface area (Å²) in [5.41, 5.74) is 0.415. The molecule has 5 nitrogen and oxygen atoms in total. The summed E-state index contributed by atoms with van der Waals surface area (Å²) in [6, 6.07) is 5.24. The molecule has 1 rings (SSSR count). The molecule has 0 amide bonds. The summed E-state index contributed by atoms with van der Waals surface area (Å²) in [6.07, 6.45) is 1.55. The Bertz CT molecular complexity index is 371. The van der Waals surface area contributed by atoms with Crippen molar-refractivity contribution in [3.63, 3.8) is 0 Å². The van der Waals surface area contributed by atoms with Gasteiger partial charge in [0.05, 0.1) is 12.0 Å². The van der Waals surface area contributed by atoms with Crippen molar-refractivity contribution < 1.29 is 9.90 Å². The van der Waals surface area contributed by atoms with Gasteiger partial charge < -0.3 is 10.4 Å². The van der Waals surface area contributed by atoms with Gasteiger partial charge in [0, 0.05) is 12.7 Å². The molecule has 1 aromatic heterocycles. The highest BCUT2D eigenvalue weighted by atomic mass is 16.4. The molecule has 0 aliphatic heterocycles. The number of carboxylic acids is 1. The number of hydrogen-bond acceptors (Lipinski definition) is 4. The molecule has 0 aliphatic carbocycles. The molecular formula is C9H9N3O2. The lowest BCUT2D eigenvalue weighted by Crippen LogP contribution is -2.09. The predicted octanol–water partition coefficient (Wildman–Crippen LogP) is 0.840. The molecule has 0 saturated heterocycles. The lowest BCUT2D eigenvalue weighted by atomic mass is 10.3. The molecule has 2 N–H and O–H groups in total. The zero-order valence-electron chi connectivity index (χ0n) is 7.40. The second-order valence-corrected chi connectivity index (χ2v) is 2.58. The third kappa shape index (κ3) is 2.75. The van der Waals surface area contributed by atoms with E-state index in [1.165, 1.54) is 0 Å². The molecule has 72 valence electrons. The van der Waals surface area contributed by atoms with Crippen molar-refractivity contribution in [1.82, 2.24) is 4.98 Å². The van der Waals surface area contributed by atoms with Crippen LogP contribution in [0.4, 0.5) is 5.82 Å². The lowest BCUT2D eigenvalue weighted by molar-refractivity contribution is -0.136. The smallest absolute Gasteiger partial charge is 0.305 e. The van der Waals surface area contributed by atoms with Crippen LogP contribution in [0.1, 0.15) is 12.0 Å². The van der Waals surface area contributed by atoms with E-state index in [4.69, 9.17) is 10.4 Å². The highest BCUT2D eigenvalue weighted by Gasteiger charge is 2.02. The van der Waals surface area contributed by atoms with Crippen molar-refractivity contribution in [3.05, 3.63) is 23.9 Å². The van der Waals surface area contributed by atoms with Gasteiger partial charge in [-0.15, -0.1) is 0 Å².